The summed E-state index contributed by atoms with van der Waals surface area (Å²) in [5.74, 6) is -1.75. The lowest BCUT2D eigenvalue weighted by molar-refractivity contribution is -0.137. The summed E-state index contributed by atoms with van der Waals surface area (Å²) in [5.41, 5.74) is 0.588. The molecule has 0 aliphatic heterocycles. The van der Waals surface area contributed by atoms with Crippen LogP contribution in [0, 0.1) is 0 Å². The van der Waals surface area contributed by atoms with Crippen molar-refractivity contribution >= 4 is 17.5 Å². The van der Waals surface area contributed by atoms with E-state index in [9.17, 15) is 14.7 Å². The highest BCUT2D eigenvalue weighted by Crippen LogP contribution is 2.39. The fraction of sp³-hybridized carbons (Fsp3) is 0.333. The van der Waals surface area contributed by atoms with Gasteiger partial charge in [0.1, 0.15) is 0 Å². The zero-order valence-electron chi connectivity index (χ0n) is 12.6. The normalized spacial score (nSPS) is 11.0. The van der Waals surface area contributed by atoms with Gasteiger partial charge in [0.2, 0.25) is 5.75 Å². The van der Waals surface area contributed by atoms with Crippen molar-refractivity contribution in [1.29, 1.82) is 0 Å². The first-order chi connectivity index (χ1) is 10.4. The third kappa shape index (κ3) is 4.41. The highest BCUT2D eigenvalue weighted by Gasteiger charge is 2.16. The molecule has 0 radical (unpaired) electrons. The van der Waals surface area contributed by atoms with Gasteiger partial charge in [-0.25, -0.2) is 4.79 Å². The van der Waals surface area contributed by atoms with E-state index in [1.807, 2.05) is 0 Å². The molecule has 0 bridgehead atoms. The van der Waals surface area contributed by atoms with E-state index in [2.05, 4.69) is 0 Å². The third-order valence-electron chi connectivity index (χ3n) is 2.77. The first kappa shape index (κ1) is 17.4. The molecule has 0 fully saturated rings. The van der Waals surface area contributed by atoms with Gasteiger partial charge in [-0.15, -0.1) is 0 Å². The number of ether oxygens (including phenoxy) is 3. The summed E-state index contributed by atoms with van der Waals surface area (Å²) in [4.78, 5) is 22.6. The topological polar surface area (TPSA) is 102 Å². The van der Waals surface area contributed by atoms with Crippen molar-refractivity contribution in [3.8, 4) is 17.2 Å². The van der Waals surface area contributed by atoms with E-state index in [-0.39, 0.29) is 29.4 Å². The van der Waals surface area contributed by atoms with Crippen LogP contribution < -0.4 is 9.47 Å². The molecule has 7 nitrogen and oxygen atoms in total. The van der Waals surface area contributed by atoms with Gasteiger partial charge in [-0.1, -0.05) is 0 Å². The van der Waals surface area contributed by atoms with Gasteiger partial charge in [-0.3, -0.25) is 4.79 Å². The maximum Gasteiger partial charge on any atom is 0.331 e. The Bertz CT molecular complexity index is 565. The summed E-state index contributed by atoms with van der Waals surface area (Å²) in [7, 11) is 2.70. The Morgan fingerprint density at radius 1 is 1.18 bits per heavy atom. The van der Waals surface area contributed by atoms with E-state index >= 15 is 0 Å². The number of hydrogen-bond acceptors (Lipinski definition) is 6. The number of carboxylic acid groups (broad SMARTS) is 1. The lowest BCUT2D eigenvalue weighted by Gasteiger charge is -2.12. The van der Waals surface area contributed by atoms with E-state index in [0.717, 1.165) is 6.08 Å². The summed E-state index contributed by atoms with van der Waals surface area (Å²) < 4.78 is 14.8. The van der Waals surface area contributed by atoms with Crippen LogP contribution in [-0.2, 0) is 14.3 Å². The monoisotopic (exact) mass is 310 g/mol. The first-order valence-corrected chi connectivity index (χ1v) is 6.47. The van der Waals surface area contributed by atoms with Crippen molar-refractivity contribution in [1.82, 2.24) is 0 Å². The van der Waals surface area contributed by atoms with Crippen LogP contribution in [0.25, 0.3) is 5.57 Å². The summed E-state index contributed by atoms with van der Waals surface area (Å²) >= 11 is 0. The molecule has 1 aromatic carbocycles. The number of carbonyl (C=O) groups is 2. The second kappa shape index (κ2) is 7.92. The molecule has 0 aliphatic rings. The largest absolute Gasteiger partial charge is 0.502 e. The van der Waals surface area contributed by atoms with E-state index in [4.69, 9.17) is 19.3 Å². The molecule has 0 spiro atoms. The summed E-state index contributed by atoms with van der Waals surface area (Å²) in [5, 5.41) is 18.9. The average molecular weight is 310 g/mol. The van der Waals surface area contributed by atoms with Crippen LogP contribution in [0.15, 0.2) is 18.2 Å². The molecule has 0 amide bonds. The molecule has 120 valence electrons. The van der Waals surface area contributed by atoms with E-state index < -0.39 is 18.4 Å². The predicted octanol–water partition coefficient (Wildman–Crippen LogP) is 1.83. The van der Waals surface area contributed by atoms with Crippen molar-refractivity contribution in [3.05, 3.63) is 23.8 Å². The molecule has 0 heterocycles. The Balaban J connectivity index is 3.35. The van der Waals surface area contributed by atoms with Crippen molar-refractivity contribution in [2.24, 2.45) is 0 Å². The molecule has 0 saturated carbocycles. The molecule has 2 N–H and O–H groups in total. The number of methoxy groups -OCH3 is 2. The molecular weight excluding hydrogens is 292 g/mol. The average Bonchev–Trinajstić information content (AvgIpc) is 2.46. The SMILES string of the molecule is CCOC(=O)C=C(CC(=O)O)c1cc(OC)c(O)c(OC)c1. The smallest absolute Gasteiger partial charge is 0.331 e. The number of benzene rings is 1. The molecule has 1 aromatic rings. The highest BCUT2D eigenvalue weighted by atomic mass is 16.5. The van der Waals surface area contributed by atoms with Gasteiger partial charge in [0.05, 0.1) is 27.2 Å². The summed E-state index contributed by atoms with van der Waals surface area (Å²) in [6.07, 6.45) is 0.707. The number of aromatic hydroxyl groups is 1. The number of esters is 1. The number of hydrogen-bond donors (Lipinski definition) is 2. The molecule has 0 aromatic heterocycles. The number of carboxylic acids is 1. The van der Waals surface area contributed by atoms with Crippen molar-refractivity contribution in [2.75, 3.05) is 20.8 Å². The molecule has 0 saturated heterocycles. The second-order valence-corrected chi connectivity index (χ2v) is 4.22. The number of phenols is 1. The van der Waals surface area contributed by atoms with Gasteiger partial charge in [0.25, 0.3) is 0 Å². The van der Waals surface area contributed by atoms with Crippen molar-refractivity contribution < 1.29 is 34.0 Å². The minimum atomic E-state index is -1.11. The van der Waals surface area contributed by atoms with Crippen molar-refractivity contribution in [2.45, 2.75) is 13.3 Å². The Labute approximate surface area is 127 Å². The maximum absolute atomic E-state index is 11.6. The first-order valence-electron chi connectivity index (χ1n) is 6.47. The third-order valence-corrected chi connectivity index (χ3v) is 2.77. The summed E-state index contributed by atoms with van der Waals surface area (Å²) in [6.45, 7) is 1.83. The van der Waals surface area contributed by atoms with Crippen LogP contribution >= 0.6 is 0 Å². The lowest BCUT2D eigenvalue weighted by Crippen LogP contribution is -2.04. The molecule has 0 aliphatic carbocycles. The van der Waals surface area contributed by atoms with Crippen LogP contribution in [0.4, 0.5) is 0 Å². The fourth-order valence-electron chi connectivity index (χ4n) is 1.80. The lowest BCUT2D eigenvalue weighted by atomic mass is 10.0. The van der Waals surface area contributed by atoms with Crippen LogP contribution in [0.3, 0.4) is 0 Å². The number of aliphatic carboxylic acids is 1. The van der Waals surface area contributed by atoms with Gasteiger partial charge >= 0.3 is 11.9 Å². The van der Waals surface area contributed by atoms with E-state index in [0.29, 0.717) is 5.56 Å². The Morgan fingerprint density at radius 2 is 1.73 bits per heavy atom. The fourth-order valence-corrected chi connectivity index (χ4v) is 1.80. The van der Waals surface area contributed by atoms with Gasteiger partial charge in [0.15, 0.2) is 11.5 Å². The molecule has 7 heteroatoms. The van der Waals surface area contributed by atoms with Crippen molar-refractivity contribution in [3.63, 3.8) is 0 Å². The van der Waals surface area contributed by atoms with Crippen LogP contribution in [0.5, 0.6) is 17.2 Å². The number of rotatable bonds is 7. The Kier molecular flexibility index (Phi) is 6.25. The van der Waals surface area contributed by atoms with E-state index in [1.54, 1.807) is 6.92 Å². The number of carbonyl (C=O) groups excluding carboxylic acids is 1. The molecule has 0 unspecified atom stereocenters. The second-order valence-electron chi connectivity index (χ2n) is 4.22. The van der Waals surface area contributed by atoms with Crippen LogP contribution in [0.2, 0.25) is 0 Å². The molecule has 1 rings (SSSR count). The zero-order valence-corrected chi connectivity index (χ0v) is 12.6. The van der Waals surface area contributed by atoms with Gasteiger partial charge in [0, 0.05) is 6.08 Å². The van der Waals surface area contributed by atoms with Crippen LogP contribution in [-0.4, -0.2) is 43.0 Å². The Morgan fingerprint density at radius 3 is 2.14 bits per heavy atom. The van der Waals surface area contributed by atoms with E-state index in [1.165, 1.54) is 26.4 Å². The molecular formula is C15H18O7. The van der Waals surface area contributed by atoms with Gasteiger partial charge in [-0.2, -0.15) is 0 Å². The maximum atomic E-state index is 11.6. The van der Waals surface area contributed by atoms with Gasteiger partial charge < -0.3 is 24.4 Å². The highest BCUT2D eigenvalue weighted by molar-refractivity contribution is 5.96. The quantitative estimate of drug-likeness (QED) is 0.585. The Hall–Kier alpha value is -2.70. The minimum Gasteiger partial charge on any atom is -0.502 e. The van der Waals surface area contributed by atoms with Gasteiger partial charge in [-0.05, 0) is 30.2 Å². The number of phenolic OH excluding ortho intramolecular Hbond substituents is 1. The zero-order chi connectivity index (χ0) is 16.7. The molecule has 22 heavy (non-hydrogen) atoms. The summed E-state index contributed by atoms with van der Waals surface area (Å²) in [6, 6.07) is 2.84. The van der Waals surface area contributed by atoms with Crippen LogP contribution in [0.1, 0.15) is 18.9 Å². The molecule has 0 atom stereocenters. The predicted molar refractivity (Wildman–Crippen MR) is 78.1 cm³/mol. The minimum absolute atomic E-state index is 0.106. The standard InChI is InChI=1S/C15H18O7/c1-4-22-14(18)8-10(7-13(16)17)9-5-11(20-2)15(19)12(6-9)21-3/h5-6,8,19H,4,7H2,1-3H3,(H,16,17).